The highest BCUT2D eigenvalue weighted by Crippen LogP contribution is 2.60. The van der Waals surface area contributed by atoms with Crippen molar-refractivity contribution in [2.75, 3.05) is 4.90 Å². The molecule has 3 nitrogen and oxygen atoms in total. The molecule has 0 fully saturated rings. The molecular formula is C64H49N3. The van der Waals surface area contributed by atoms with Crippen molar-refractivity contribution >= 4 is 44.9 Å². The van der Waals surface area contributed by atoms with E-state index < -0.39 is 5.41 Å². The molecule has 1 atom stereocenters. The molecule has 0 saturated heterocycles. The minimum Gasteiger partial charge on any atom is -0.310 e. The number of aryl methyl sites for hydroxylation is 1. The number of anilines is 3. The number of para-hydroxylation sites is 5. The van der Waals surface area contributed by atoms with Crippen molar-refractivity contribution in [2.24, 2.45) is 0 Å². The molecule has 1 unspecified atom stereocenters. The minimum absolute atomic E-state index is 0.682. The summed E-state index contributed by atoms with van der Waals surface area (Å²) < 4.78 is 4.90. The van der Waals surface area contributed by atoms with Crippen LogP contribution in [0, 0.1) is 6.92 Å². The third-order valence-electron chi connectivity index (χ3n) is 14.2. The molecule has 2 aliphatic rings. The molecule has 320 valence electrons. The summed E-state index contributed by atoms with van der Waals surface area (Å²) in [5.74, 6) is 0. The predicted molar refractivity (Wildman–Crippen MR) is 284 cm³/mol. The molecule has 1 aliphatic heterocycles. The summed E-state index contributed by atoms with van der Waals surface area (Å²) in [6.45, 7) is 10.7. The third-order valence-corrected chi connectivity index (χ3v) is 14.2. The predicted octanol–water partition coefficient (Wildman–Crippen LogP) is 17.0. The van der Waals surface area contributed by atoms with Gasteiger partial charge >= 0.3 is 0 Å². The van der Waals surface area contributed by atoms with Crippen LogP contribution in [0.25, 0.3) is 72.8 Å². The molecule has 1 aliphatic carbocycles. The Balaban J connectivity index is 1.16. The maximum absolute atomic E-state index is 4.14. The standard InChI is InChI=1S/C64H49N3/c1-5-8-24-44(7-3)64(45-25-11-9-12-26-45)55-41-47(65-57(23-6-2)43(4)49-29-15-19-33-58(49)65)37-39-50(55)51-40-38-48(42-56(51)64)66-59-34-20-16-30-52(59)62-53-31-17-21-35-60(53)67(46-27-13-10-14-28-46)63(62)54-32-18-22-36-61(54)66/h5-42H,1H2,2-4H3/b23-6-,24-8-,44-7+. The molecule has 3 heterocycles. The summed E-state index contributed by atoms with van der Waals surface area (Å²) >= 11 is 0. The van der Waals surface area contributed by atoms with Gasteiger partial charge in [0.05, 0.1) is 33.5 Å². The first-order valence-electron chi connectivity index (χ1n) is 23.3. The lowest BCUT2D eigenvalue weighted by Crippen LogP contribution is -2.29. The van der Waals surface area contributed by atoms with Gasteiger partial charge in [-0.1, -0.05) is 170 Å². The molecule has 67 heavy (non-hydrogen) atoms. The highest BCUT2D eigenvalue weighted by molar-refractivity contribution is 6.13. The average Bonchev–Trinajstić information content (AvgIpc) is 3.95. The van der Waals surface area contributed by atoms with Crippen LogP contribution in [-0.2, 0) is 5.41 Å². The van der Waals surface area contributed by atoms with Crippen LogP contribution in [0.5, 0.6) is 0 Å². The quantitative estimate of drug-likeness (QED) is 0.139. The number of benzene rings is 8. The van der Waals surface area contributed by atoms with Crippen LogP contribution in [0.15, 0.2) is 237 Å². The summed E-state index contributed by atoms with van der Waals surface area (Å²) in [5, 5.41) is 2.49. The lowest BCUT2D eigenvalue weighted by Gasteiger charge is -2.36. The number of rotatable bonds is 8. The maximum atomic E-state index is 4.14. The second kappa shape index (κ2) is 15.9. The first-order chi connectivity index (χ1) is 33.1. The van der Waals surface area contributed by atoms with E-state index in [9.17, 15) is 0 Å². The highest BCUT2D eigenvalue weighted by atomic mass is 15.2. The number of hydrogen-bond donors (Lipinski definition) is 0. The van der Waals surface area contributed by atoms with Gasteiger partial charge in [0.1, 0.15) is 0 Å². The van der Waals surface area contributed by atoms with Crippen LogP contribution >= 0.6 is 0 Å². The van der Waals surface area contributed by atoms with Crippen molar-refractivity contribution in [3.8, 4) is 44.9 Å². The van der Waals surface area contributed by atoms with Crippen LogP contribution in [0.2, 0.25) is 0 Å². The van der Waals surface area contributed by atoms with Crippen LogP contribution in [0.1, 0.15) is 41.8 Å². The summed E-state index contributed by atoms with van der Waals surface area (Å²) in [7, 11) is 0. The van der Waals surface area contributed by atoms with Gasteiger partial charge in [-0.3, -0.25) is 0 Å². The van der Waals surface area contributed by atoms with Gasteiger partial charge < -0.3 is 14.0 Å². The number of allylic oxidation sites excluding steroid dienone is 6. The van der Waals surface area contributed by atoms with Crippen molar-refractivity contribution in [1.82, 2.24) is 9.13 Å². The van der Waals surface area contributed by atoms with Crippen molar-refractivity contribution in [3.63, 3.8) is 0 Å². The molecule has 3 heteroatoms. The summed E-state index contributed by atoms with van der Waals surface area (Å²) in [4.78, 5) is 2.51. The Morgan fingerprint density at radius 1 is 0.522 bits per heavy atom. The molecule has 12 rings (SSSR count). The van der Waals surface area contributed by atoms with E-state index in [0.29, 0.717) is 0 Å². The first-order valence-corrected chi connectivity index (χ1v) is 23.3. The summed E-state index contributed by atoms with van der Waals surface area (Å²) in [6.07, 6.45) is 12.9. The lowest BCUT2D eigenvalue weighted by atomic mass is 9.66. The van der Waals surface area contributed by atoms with Gasteiger partial charge in [0.2, 0.25) is 0 Å². The van der Waals surface area contributed by atoms with Crippen LogP contribution in [-0.4, -0.2) is 9.13 Å². The smallest absolute Gasteiger partial charge is 0.0711 e. The van der Waals surface area contributed by atoms with E-state index in [2.05, 4.69) is 266 Å². The monoisotopic (exact) mass is 859 g/mol. The van der Waals surface area contributed by atoms with Crippen LogP contribution in [0.3, 0.4) is 0 Å². The van der Waals surface area contributed by atoms with E-state index in [-0.39, 0.29) is 0 Å². The number of aromatic nitrogens is 2. The first kappa shape index (κ1) is 40.1. The SMILES string of the molecule is C=C/C=C\C(=C/C)C1(c2ccccc2)c2cc(N3c4ccccc4-c4c(n(-c5ccccc5)c5ccccc45)-c4ccccc43)ccc2-c2ccc(-n3c(/C=C\C)c(C)c4ccccc43)cc21. The number of fused-ring (bicyclic) bond motifs is 11. The second-order valence-corrected chi connectivity index (χ2v) is 17.6. The molecule has 8 aromatic carbocycles. The van der Waals surface area contributed by atoms with E-state index in [0.717, 1.165) is 28.4 Å². The Morgan fingerprint density at radius 2 is 1.09 bits per heavy atom. The molecule has 10 aromatic rings. The Morgan fingerprint density at radius 3 is 1.78 bits per heavy atom. The molecule has 2 aromatic heterocycles. The summed E-state index contributed by atoms with van der Waals surface area (Å²) in [5.41, 5.74) is 21.9. The van der Waals surface area contributed by atoms with E-state index in [1.54, 1.807) is 0 Å². The largest absolute Gasteiger partial charge is 0.310 e. The fourth-order valence-electron chi connectivity index (χ4n) is 11.5. The molecule has 0 saturated carbocycles. The third kappa shape index (κ3) is 5.84. The van der Waals surface area contributed by atoms with Crippen molar-refractivity contribution in [1.29, 1.82) is 0 Å². The van der Waals surface area contributed by atoms with E-state index in [1.165, 1.54) is 88.8 Å². The molecule has 0 N–H and O–H groups in total. The fraction of sp³-hybridized carbons (Fsp3) is 0.0625. The minimum atomic E-state index is -0.682. The lowest BCUT2D eigenvalue weighted by molar-refractivity contribution is 0.764. The molecule has 0 spiro atoms. The Kier molecular flexibility index (Phi) is 9.55. The molecule has 0 amide bonds. The topological polar surface area (TPSA) is 13.1 Å². The maximum Gasteiger partial charge on any atom is 0.0711 e. The zero-order valence-corrected chi connectivity index (χ0v) is 38.0. The van der Waals surface area contributed by atoms with Gasteiger partial charge in [0.15, 0.2) is 0 Å². The van der Waals surface area contributed by atoms with Gasteiger partial charge in [0, 0.05) is 50.2 Å². The van der Waals surface area contributed by atoms with Gasteiger partial charge in [0.25, 0.3) is 0 Å². The normalized spacial score (nSPS) is 15.1. The van der Waals surface area contributed by atoms with Gasteiger partial charge in [-0.05, 0) is 126 Å². The zero-order valence-electron chi connectivity index (χ0n) is 38.0. The van der Waals surface area contributed by atoms with Crippen molar-refractivity contribution in [3.05, 3.63) is 265 Å². The Hall–Kier alpha value is -8.40. The van der Waals surface area contributed by atoms with Crippen LogP contribution < -0.4 is 4.90 Å². The fourth-order valence-corrected chi connectivity index (χ4v) is 11.5. The Bertz CT molecular complexity index is 3690. The number of nitrogens with zero attached hydrogens (tertiary/aromatic N) is 3. The molecule has 0 radical (unpaired) electrons. The van der Waals surface area contributed by atoms with Gasteiger partial charge in [-0.2, -0.15) is 0 Å². The molecule has 0 bridgehead atoms. The highest BCUT2D eigenvalue weighted by Gasteiger charge is 2.47. The van der Waals surface area contributed by atoms with Crippen molar-refractivity contribution < 1.29 is 0 Å². The van der Waals surface area contributed by atoms with Gasteiger partial charge in [-0.15, -0.1) is 0 Å². The van der Waals surface area contributed by atoms with Gasteiger partial charge in [-0.25, -0.2) is 0 Å². The average molecular weight is 860 g/mol. The summed E-state index contributed by atoms with van der Waals surface area (Å²) in [6, 6.07) is 71.8. The van der Waals surface area contributed by atoms with E-state index >= 15 is 0 Å². The van der Waals surface area contributed by atoms with E-state index in [4.69, 9.17) is 0 Å². The van der Waals surface area contributed by atoms with Crippen LogP contribution in [0.4, 0.5) is 17.1 Å². The van der Waals surface area contributed by atoms with Crippen molar-refractivity contribution in [2.45, 2.75) is 26.2 Å². The number of hydrogen-bond acceptors (Lipinski definition) is 1. The second-order valence-electron chi connectivity index (χ2n) is 17.6. The Labute approximate surface area is 392 Å². The van der Waals surface area contributed by atoms with E-state index in [1.807, 2.05) is 6.08 Å². The zero-order chi connectivity index (χ0) is 45.2. The molecular weight excluding hydrogens is 811 g/mol.